The molecule has 0 atom stereocenters. The first-order valence-corrected chi connectivity index (χ1v) is 4.24. The molecule has 0 saturated heterocycles. The second-order valence-electron chi connectivity index (χ2n) is 3.98. The first kappa shape index (κ1) is 10.4. The van der Waals surface area contributed by atoms with E-state index in [0.717, 1.165) is 17.3 Å². The summed E-state index contributed by atoms with van der Waals surface area (Å²) in [6.07, 6.45) is 4.22. The average Bonchev–Trinajstić information content (AvgIpc) is 1.85. The van der Waals surface area contributed by atoms with Crippen molar-refractivity contribution in [1.29, 1.82) is 5.26 Å². The van der Waals surface area contributed by atoms with Gasteiger partial charge in [0.05, 0.1) is 33.8 Å². The van der Waals surface area contributed by atoms with E-state index in [1.54, 1.807) is 0 Å². The summed E-state index contributed by atoms with van der Waals surface area (Å²) in [6.45, 7) is 1.21. The molecule has 0 heterocycles. The lowest BCUT2D eigenvalue weighted by Crippen LogP contribution is -2.35. The van der Waals surface area contributed by atoms with Crippen molar-refractivity contribution in [2.24, 2.45) is 0 Å². The van der Waals surface area contributed by atoms with Gasteiger partial charge in [-0.05, 0) is 19.3 Å². The Kier molecular flexibility index (Phi) is 4.89. The van der Waals surface area contributed by atoms with Gasteiger partial charge in [0.25, 0.3) is 0 Å². The average molecular weight is 155 g/mol. The number of nitriles is 1. The Balaban J connectivity index is 3.10. The third-order valence-corrected chi connectivity index (χ3v) is 1.62. The first-order chi connectivity index (χ1) is 5.06. The molecular weight excluding hydrogens is 136 g/mol. The summed E-state index contributed by atoms with van der Waals surface area (Å²) in [6, 6.07) is 2.16. The Morgan fingerprint density at radius 2 is 1.73 bits per heavy atom. The quantitative estimate of drug-likeness (QED) is 0.438. The summed E-state index contributed by atoms with van der Waals surface area (Å²) < 4.78 is 1.03. The van der Waals surface area contributed by atoms with Crippen LogP contribution in [0.25, 0.3) is 0 Å². The number of hydrogen-bond donors (Lipinski definition) is 0. The fourth-order valence-electron chi connectivity index (χ4n) is 0.967. The van der Waals surface area contributed by atoms with Crippen LogP contribution in [-0.2, 0) is 0 Å². The monoisotopic (exact) mass is 155 g/mol. The van der Waals surface area contributed by atoms with Crippen LogP contribution in [-0.4, -0.2) is 32.2 Å². The molecule has 2 nitrogen and oxygen atoms in total. The maximum absolute atomic E-state index is 8.27. The van der Waals surface area contributed by atoms with E-state index in [1.165, 1.54) is 19.4 Å². The second-order valence-corrected chi connectivity index (χ2v) is 3.98. The van der Waals surface area contributed by atoms with E-state index in [2.05, 4.69) is 27.2 Å². The van der Waals surface area contributed by atoms with E-state index in [-0.39, 0.29) is 0 Å². The van der Waals surface area contributed by atoms with E-state index in [4.69, 9.17) is 5.26 Å². The Hall–Kier alpha value is -0.550. The summed E-state index contributed by atoms with van der Waals surface area (Å²) in [4.78, 5) is 0. The molecule has 0 saturated carbocycles. The maximum Gasteiger partial charge on any atom is 0.0780 e. The summed E-state index contributed by atoms with van der Waals surface area (Å²) in [7, 11) is 6.60. The van der Waals surface area contributed by atoms with Crippen LogP contribution in [0.5, 0.6) is 0 Å². The number of nitrogens with zero attached hydrogens (tertiary/aromatic N) is 2. The lowest BCUT2D eigenvalue weighted by molar-refractivity contribution is -0.870. The van der Waals surface area contributed by atoms with E-state index >= 15 is 0 Å². The molecular formula is C9H19N2+. The third-order valence-electron chi connectivity index (χ3n) is 1.62. The smallest absolute Gasteiger partial charge is 0.0780 e. The predicted molar refractivity (Wildman–Crippen MR) is 47.0 cm³/mol. The van der Waals surface area contributed by atoms with Crippen LogP contribution in [0.15, 0.2) is 0 Å². The van der Waals surface area contributed by atoms with Crippen molar-refractivity contribution >= 4 is 0 Å². The van der Waals surface area contributed by atoms with Gasteiger partial charge in [-0.3, -0.25) is 0 Å². The Labute approximate surface area is 70.0 Å². The fourth-order valence-corrected chi connectivity index (χ4v) is 0.967. The van der Waals surface area contributed by atoms with Crippen molar-refractivity contribution in [3.8, 4) is 6.07 Å². The van der Waals surface area contributed by atoms with Gasteiger partial charge in [-0.1, -0.05) is 0 Å². The van der Waals surface area contributed by atoms with Gasteiger partial charge in [-0.25, -0.2) is 0 Å². The van der Waals surface area contributed by atoms with Crippen molar-refractivity contribution in [2.75, 3.05) is 27.7 Å². The molecule has 0 aromatic heterocycles. The van der Waals surface area contributed by atoms with Crippen LogP contribution >= 0.6 is 0 Å². The highest BCUT2D eigenvalue weighted by atomic mass is 15.3. The molecule has 0 aliphatic carbocycles. The van der Waals surface area contributed by atoms with Gasteiger partial charge in [0.1, 0.15) is 0 Å². The minimum atomic E-state index is 0.719. The number of hydrogen-bond acceptors (Lipinski definition) is 1. The summed E-state index contributed by atoms with van der Waals surface area (Å²) in [5.41, 5.74) is 0. The van der Waals surface area contributed by atoms with Gasteiger partial charge in [-0.15, -0.1) is 0 Å². The van der Waals surface area contributed by atoms with Gasteiger partial charge in [0.15, 0.2) is 0 Å². The highest BCUT2D eigenvalue weighted by Gasteiger charge is 2.04. The van der Waals surface area contributed by atoms with Gasteiger partial charge < -0.3 is 4.48 Å². The highest BCUT2D eigenvalue weighted by molar-refractivity contribution is 4.67. The molecule has 0 unspecified atom stereocenters. The summed E-state index contributed by atoms with van der Waals surface area (Å²) in [5, 5.41) is 8.27. The van der Waals surface area contributed by atoms with Crippen molar-refractivity contribution < 1.29 is 4.48 Å². The second kappa shape index (κ2) is 5.15. The van der Waals surface area contributed by atoms with Gasteiger partial charge in [-0.2, -0.15) is 5.26 Å². The zero-order valence-electron chi connectivity index (χ0n) is 7.93. The summed E-state index contributed by atoms with van der Waals surface area (Å²) in [5.74, 6) is 0. The van der Waals surface area contributed by atoms with Crippen LogP contribution in [0, 0.1) is 11.3 Å². The van der Waals surface area contributed by atoms with Crippen molar-refractivity contribution in [1.82, 2.24) is 0 Å². The normalized spacial score (nSPS) is 11.1. The van der Waals surface area contributed by atoms with Crippen LogP contribution in [0.4, 0.5) is 0 Å². The molecule has 0 aromatic rings. The topological polar surface area (TPSA) is 23.8 Å². The van der Waals surface area contributed by atoms with E-state index in [1.807, 2.05) is 0 Å². The zero-order chi connectivity index (χ0) is 8.74. The molecule has 0 aliphatic heterocycles. The van der Waals surface area contributed by atoms with E-state index in [9.17, 15) is 0 Å². The molecule has 0 fully saturated rings. The third kappa shape index (κ3) is 9.45. The maximum atomic E-state index is 8.27. The molecule has 0 bridgehead atoms. The van der Waals surface area contributed by atoms with Crippen molar-refractivity contribution in [3.05, 3.63) is 0 Å². The number of quaternary nitrogens is 1. The Morgan fingerprint density at radius 1 is 1.09 bits per heavy atom. The van der Waals surface area contributed by atoms with Crippen LogP contribution in [0.1, 0.15) is 25.7 Å². The molecule has 0 amide bonds. The molecule has 0 aliphatic rings. The molecule has 0 N–H and O–H groups in total. The largest absolute Gasteiger partial charge is 0.331 e. The van der Waals surface area contributed by atoms with Gasteiger partial charge in [0, 0.05) is 6.42 Å². The fraction of sp³-hybridized carbons (Fsp3) is 0.889. The van der Waals surface area contributed by atoms with Crippen LogP contribution in [0.2, 0.25) is 0 Å². The summed E-state index contributed by atoms with van der Waals surface area (Å²) >= 11 is 0. The minimum absolute atomic E-state index is 0.719. The van der Waals surface area contributed by atoms with Crippen molar-refractivity contribution in [2.45, 2.75) is 25.7 Å². The first-order valence-electron chi connectivity index (χ1n) is 4.24. The molecule has 2 heteroatoms. The van der Waals surface area contributed by atoms with Crippen molar-refractivity contribution in [3.63, 3.8) is 0 Å². The molecule has 0 radical (unpaired) electrons. The molecule has 0 spiro atoms. The van der Waals surface area contributed by atoms with E-state index in [0.29, 0.717) is 0 Å². The molecule has 64 valence electrons. The highest BCUT2D eigenvalue weighted by Crippen LogP contribution is 2.02. The lowest BCUT2D eigenvalue weighted by Gasteiger charge is -2.23. The predicted octanol–water partition coefficient (Wildman–Crippen LogP) is 1.78. The van der Waals surface area contributed by atoms with Crippen LogP contribution in [0.3, 0.4) is 0 Å². The lowest BCUT2D eigenvalue weighted by atomic mass is 10.2. The zero-order valence-corrected chi connectivity index (χ0v) is 7.93. The molecule has 0 aromatic carbocycles. The molecule has 0 rings (SSSR count). The van der Waals surface area contributed by atoms with E-state index < -0.39 is 0 Å². The van der Waals surface area contributed by atoms with Gasteiger partial charge in [0.2, 0.25) is 0 Å². The Bertz CT molecular complexity index is 127. The number of rotatable bonds is 5. The van der Waals surface area contributed by atoms with Gasteiger partial charge >= 0.3 is 0 Å². The standard InChI is InChI=1S/C9H19N2/c1-11(2,3)9-7-5-4-6-8-10/h4-7,9H2,1-3H3/q+1. The minimum Gasteiger partial charge on any atom is -0.331 e. The van der Waals surface area contributed by atoms with Crippen LogP contribution < -0.4 is 0 Å². The number of unbranched alkanes of at least 4 members (excludes halogenated alkanes) is 3. The molecule has 11 heavy (non-hydrogen) atoms. The SMILES string of the molecule is C[N+](C)(C)CCCCCC#N. The Morgan fingerprint density at radius 3 is 2.18 bits per heavy atom.